The van der Waals surface area contributed by atoms with Gasteiger partial charge in [0.2, 0.25) is 0 Å². The van der Waals surface area contributed by atoms with Gasteiger partial charge < -0.3 is 4.98 Å². The van der Waals surface area contributed by atoms with Gasteiger partial charge in [0.15, 0.2) is 5.78 Å². The second-order valence-electron chi connectivity index (χ2n) is 6.21. The van der Waals surface area contributed by atoms with Gasteiger partial charge in [-0.05, 0) is 18.6 Å². The predicted octanol–water partition coefficient (Wildman–Crippen LogP) is 3.58. The van der Waals surface area contributed by atoms with E-state index >= 15 is 0 Å². The van der Waals surface area contributed by atoms with E-state index in [1.54, 1.807) is 6.92 Å². The van der Waals surface area contributed by atoms with Crippen LogP contribution in [0, 0.1) is 6.92 Å². The maximum atomic E-state index is 13.1. The molecule has 0 amide bonds. The third-order valence-electron chi connectivity index (χ3n) is 4.38. The molecular formula is C21H17N3O2. The molecule has 0 saturated carbocycles. The first-order chi connectivity index (χ1) is 12.6. The number of Topliss-reactive ketones (excluding diaryl/α,β-unsaturated/α-hetero) is 1. The molecule has 4 aromatic rings. The molecule has 0 spiro atoms. The van der Waals surface area contributed by atoms with Gasteiger partial charge in [-0.15, -0.1) is 0 Å². The number of carbonyl (C=O) groups is 1. The Labute approximate surface area is 150 Å². The Morgan fingerprint density at radius 3 is 2.58 bits per heavy atom. The van der Waals surface area contributed by atoms with E-state index in [1.165, 1.54) is 17.0 Å². The van der Waals surface area contributed by atoms with Crippen LogP contribution in [0.15, 0.2) is 71.8 Å². The average Bonchev–Trinajstić information content (AvgIpc) is 3.04. The normalized spacial score (nSPS) is 11.0. The standard InChI is InChI=1S/C21H17N3O2/c1-14-11-19(26)24(13-22-14)12-18(25)20-16-9-5-6-10-17(16)23-21(20)15-7-3-2-4-8-15/h2-11,13,23H,12H2,1H3. The molecule has 0 saturated heterocycles. The number of para-hydroxylation sites is 1. The van der Waals surface area contributed by atoms with E-state index in [1.807, 2.05) is 54.6 Å². The van der Waals surface area contributed by atoms with Gasteiger partial charge in [0.25, 0.3) is 5.56 Å². The fourth-order valence-corrected chi connectivity index (χ4v) is 3.12. The minimum atomic E-state index is -0.230. The number of aromatic amines is 1. The van der Waals surface area contributed by atoms with Gasteiger partial charge in [-0.3, -0.25) is 14.2 Å². The minimum Gasteiger partial charge on any atom is -0.354 e. The summed E-state index contributed by atoms with van der Waals surface area (Å²) >= 11 is 0. The lowest BCUT2D eigenvalue weighted by Gasteiger charge is -2.07. The largest absolute Gasteiger partial charge is 0.354 e. The van der Waals surface area contributed by atoms with Crippen LogP contribution in [-0.2, 0) is 6.54 Å². The Morgan fingerprint density at radius 1 is 1.08 bits per heavy atom. The monoisotopic (exact) mass is 343 g/mol. The third-order valence-corrected chi connectivity index (χ3v) is 4.38. The molecule has 0 aliphatic heterocycles. The second kappa shape index (κ2) is 6.44. The summed E-state index contributed by atoms with van der Waals surface area (Å²) in [7, 11) is 0. The van der Waals surface area contributed by atoms with E-state index in [-0.39, 0.29) is 17.9 Å². The van der Waals surface area contributed by atoms with E-state index in [9.17, 15) is 9.59 Å². The van der Waals surface area contributed by atoms with Crippen molar-refractivity contribution in [3.8, 4) is 11.3 Å². The fourth-order valence-electron chi connectivity index (χ4n) is 3.12. The lowest BCUT2D eigenvalue weighted by Crippen LogP contribution is -2.24. The molecule has 0 aliphatic carbocycles. The first kappa shape index (κ1) is 16.0. The van der Waals surface area contributed by atoms with Gasteiger partial charge in [-0.1, -0.05) is 48.5 Å². The minimum absolute atomic E-state index is 0.0478. The molecule has 0 radical (unpaired) electrons. The Kier molecular flexibility index (Phi) is 3.97. The summed E-state index contributed by atoms with van der Waals surface area (Å²) in [4.78, 5) is 32.7. The van der Waals surface area contributed by atoms with Crippen molar-refractivity contribution in [2.45, 2.75) is 13.5 Å². The van der Waals surface area contributed by atoms with Gasteiger partial charge >= 0.3 is 0 Å². The molecule has 5 heteroatoms. The maximum absolute atomic E-state index is 13.1. The van der Waals surface area contributed by atoms with Gasteiger partial charge in [0.1, 0.15) is 0 Å². The average molecular weight is 343 g/mol. The maximum Gasteiger partial charge on any atom is 0.253 e. The van der Waals surface area contributed by atoms with E-state index in [2.05, 4.69) is 9.97 Å². The Hall–Kier alpha value is -3.47. The number of H-pyrrole nitrogens is 1. The van der Waals surface area contributed by atoms with Crippen molar-refractivity contribution in [2.75, 3.05) is 0 Å². The number of hydrogen-bond acceptors (Lipinski definition) is 3. The van der Waals surface area contributed by atoms with E-state index in [4.69, 9.17) is 0 Å². The zero-order valence-electron chi connectivity index (χ0n) is 14.3. The summed E-state index contributed by atoms with van der Waals surface area (Å²) in [6, 6.07) is 18.8. The summed E-state index contributed by atoms with van der Waals surface area (Å²) < 4.78 is 1.34. The van der Waals surface area contributed by atoms with Crippen molar-refractivity contribution < 1.29 is 4.79 Å². The zero-order chi connectivity index (χ0) is 18.1. The molecule has 128 valence electrons. The summed E-state index contributed by atoms with van der Waals surface area (Å²) in [5.41, 5.74) is 3.59. The number of ketones is 1. The fraction of sp³-hybridized carbons (Fsp3) is 0.0952. The van der Waals surface area contributed by atoms with Gasteiger partial charge in [-0.25, -0.2) is 4.98 Å². The number of aromatic nitrogens is 3. The van der Waals surface area contributed by atoms with Crippen molar-refractivity contribution in [3.05, 3.63) is 88.6 Å². The topological polar surface area (TPSA) is 67.8 Å². The van der Waals surface area contributed by atoms with Crippen molar-refractivity contribution in [1.29, 1.82) is 0 Å². The third kappa shape index (κ3) is 2.84. The quantitative estimate of drug-likeness (QED) is 0.576. The Balaban J connectivity index is 1.84. The number of rotatable bonds is 4. The molecule has 2 aromatic heterocycles. The second-order valence-corrected chi connectivity index (χ2v) is 6.21. The summed E-state index contributed by atoms with van der Waals surface area (Å²) in [6.45, 7) is 1.70. The molecule has 0 fully saturated rings. The number of nitrogens with one attached hydrogen (secondary N) is 1. The number of fused-ring (bicyclic) bond motifs is 1. The van der Waals surface area contributed by atoms with Crippen LogP contribution in [-0.4, -0.2) is 20.3 Å². The molecule has 5 nitrogen and oxygen atoms in total. The lowest BCUT2D eigenvalue weighted by atomic mass is 10.0. The van der Waals surface area contributed by atoms with Crippen molar-refractivity contribution in [1.82, 2.24) is 14.5 Å². The number of benzene rings is 2. The van der Waals surface area contributed by atoms with E-state index in [0.29, 0.717) is 11.3 Å². The van der Waals surface area contributed by atoms with Crippen LogP contribution in [0.25, 0.3) is 22.2 Å². The van der Waals surface area contributed by atoms with Crippen LogP contribution >= 0.6 is 0 Å². The first-order valence-corrected chi connectivity index (χ1v) is 8.36. The van der Waals surface area contributed by atoms with Crippen molar-refractivity contribution in [2.24, 2.45) is 0 Å². The molecule has 1 N–H and O–H groups in total. The lowest BCUT2D eigenvalue weighted by molar-refractivity contribution is 0.0972. The molecule has 0 bridgehead atoms. The summed E-state index contributed by atoms with van der Waals surface area (Å²) in [5, 5.41) is 0.851. The van der Waals surface area contributed by atoms with Crippen molar-refractivity contribution >= 4 is 16.7 Å². The smallest absolute Gasteiger partial charge is 0.253 e. The SMILES string of the molecule is Cc1cc(=O)n(CC(=O)c2c(-c3ccccc3)[nH]c3ccccc23)cn1. The molecule has 2 heterocycles. The van der Waals surface area contributed by atoms with Crippen LogP contribution in [0.4, 0.5) is 0 Å². The highest BCUT2D eigenvalue weighted by Gasteiger charge is 2.20. The molecule has 0 aliphatic rings. The Morgan fingerprint density at radius 2 is 1.81 bits per heavy atom. The Bertz CT molecular complexity index is 1160. The van der Waals surface area contributed by atoms with Crippen molar-refractivity contribution in [3.63, 3.8) is 0 Å². The van der Waals surface area contributed by atoms with Gasteiger partial charge in [-0.2, -0.15) is 0 Å². The number of carbonyl (C=O) groups excluding carboxylic acids is 1. The van der Waals surface area contributed by atoms with E-state index in [0.717, 1.165) is 22.2 Å². The molecule has 2 aromatic carbocycles. The number of aryl methyl sites for hydroxylation is 1. The highest BCUT2D eigenvalue weighted by Crippen LogP contribution is 2.30. The zero-order valence-corrected chi connectivity index (χ0v) is 14.3. The van der Waals surface area contributed by atoms with E-state index < -0.39 is 0 Å². The van der Waals surface area contributed by atoms with Crippen LogP contribution < -0.4 is 5.56 Å². The van der Waals surface area contributed by atoms with Crippen LogP contribution in [0.1, 0.15) is 16.1 Å². The van der Waals surface area contributed by atoms with Crippen LogP contribution in [0.3, 0.4) is 0 Å². The number of hydrogen-bond donors (Lipinski definition) is 1. The van der Waals surface area contributed by atoms with Gasteiger partial charge in [0.05, 0.1) is 24.1 Å². The number of nitrogens with zero attached hydrogens (tertiary/aromatic N) is 2. The molecule has 0 atom stereocenters. The molecule has 4 rings (SSSR count). The predicted molar refractivity (Wildman–Crippen MR) is 101 cm³/mol. The van der Waals surface area contributed by atoms with Gasteiger partial charge in [0, 0.05) is 22.7 Å². The molecule has 26 heavy (non-hydrogen) atoms. The highest BCUT2D eigenvalue weighted by molar-refractivity contribution is 6.13. The molecular weight excluding hydrogens is 326 g/mol. The first-order valence-electron chi connectivity index (χ1n) is 8.36. The van der Waals surface area contributed by atoms with Crippen LogP contribution in [0.2, 0.25) is 0 Å². The highest BCUT2D eigenvalue weighted by atomic mass is 16.1. The summed E-state index contributed by atoms with van der Waals surface area (Å²) in [5.74, 6) is -0.131. The summed E-state index contributed by atoms with van der Waals surface area (Å²) in [6.07, 6.45) is 1.42. The van der Waals surface area contributed by atoms with Crippen LogP contribution in [0.5, 0.6) is 0 Å². The molecule has 0 unspecified atom stereocenters.